The van der Waals surface area contributed by atoms with Crippen molar-refractivity contribution in [2.24, 2.45) is 0 Å². The molecule has 22 heavy (non-hydrogen) atoms. The molecule has 0 radical (unpaired) electrons. The number of aryl methyl sites for hydroxylation is 1. The fourth-order valence-electron chi connectivity index (χ4n) is 2.18. The quantitative estimate of drug-likeness (QED) is 0.824. The Labute approximate surface area is 135 Å². The lowest BCUT2D eigenvalue weighted by atomic mass is 10.1. The van der Waals surface area contributed by atoms with Crippen LogP contribution in [0.3, 0.4) is 0 Å². The van der Waals surface area contributed by atoms with Crippen molar-refractivity contribution in [3.63, 3.8) is 0 Å². The van der Waals surface area contributed by atoms with Gasteiger partial charge >= 0.3 is 0 Å². The van der Waals surface area contributed by atoms with Crippen molar-refractivity contribution >= 4 is 27.3 Å². The number of benzene rings is 2. The van der Waals surface area contributed by atoms with E-state index in [4.69, 9.17) is 11.6 Å². The van der Waals surface area contributed by atoms with Gasteiger partial charge in [0.05, 0.1) is 18.5 Å². The van der Waals surface area contributed by atoms with E-state index in [9.17, 15) is 12.8 Å². The normalized spacial score (nSPS) is 11.5. The Morgan fingerprint density at radius 3 is 2.41 bits per heavy atom. The van der Waals surface area contributed by atoms with Gasteiger partial charge in [-0.05, 0) is 35.7 Å². The average molecular weight is 342 g/mol. The highest BCUT2D eigenvalue weighted by atomic mass is 35.5. The van der Waals surface area contributed by atoms with Crippen LogP contribution >= 0.6 is 11.6 Å². The largest absolute Gasteiger partial charge is 0.263 e. The molecule has 0 aliphatic rings. The molecule has 118 valence electrons. The van der Waals surface area contributed by atoms with Gasteiger partial charge in [-0.25, -0.2) is 12.8 Å². The second-order valence-electron chi connectivity index (χ2n) is 5.04. The summed E-state index contributed by atoms with van der Waals surface area (Å²) in [6.45, 7) is 2.09. The predicted molar refractivity (Wildman–Crippen MR) is 88.3 cm³/mol. The summed E-state index contributed by atoms with van der Waals surface area (Å²) in [5.74, 6) is -0.662. The van der Waals surface area contributed by atoms with E-state index in [0.717, 1.165) is 34.2 Å². The fourth-order valence-corrected chi connectivity index (χ4v) is 3.23. The Kier molecular flexibility index (Phi) is 5.08. The maximum absolute atomic E-state index is 14.1. The van der Waals surface area contributed by atoms with Crippen LogP contribution in [0.1, 0.15) is 18.1 Å². The van der Waals surface area contributed by atoms with Gasteiger partial charge in [-0.15, -0.1) is 0 Å². The number of anilines is 1. The first-order chi connectivity index (χ1) is 10.3. The van der Waals surface area contributed by atoms with E-state index in [-0.39, 0.29) is 17.3 Å². The molecule has 2 aromatic carbocycles. The molecule has 2 aromatic rings. The van der Waals surface area contributed by atoms with Crippen LogP contribution in [0.15, 0.2) is 42.5 Å². The van der Waals surface area contributed by atoms with Crippen molar-refractivity contribution in [2.45, 2.75) is 19.9 Å². The van der Waals surface area contributed by atoms with Gasteiger partial charge in [0.25, 0.3) is 0 Å². The Bertz CT molecular complexity index is 777. The number of hydrogen-bond donors (Lipinski definition) is 0. The smallest absolute Gasteiger partial charge is 0.232 e. The van der Waals surface area contributed by atoms with Crippen LogP contribution in [0.2, 0.25) is 5.02 Å². The number of nitrogens with zero attached hydrogens (tertiary/aromatic N) is 1. The van der Waals surface area contributed by atoms with E-state index in [2.05, 4.69) is 0 Å². The molecule has 6 heteroatoms. The van der Waals surface area contributed by atoms with Gasteiger partial charge in [0.2, 0.25) is 10.0 Å². The number of halogens is 2. The van der Waals surface area contributed by atoms with Gasteiger partial charge in [-0.1, -0.05) is 42.8 Å². The van der Waals surface area contributed by atoms with Crippen LogP contribution in [-0.2, 0) is 23.0 Å². The summed E-state index contributed by atoms with van der Waals surface area (Å²) in [6.07, 6.45) is 1.91. The van der Waals surface area contributed by atoms with Gasteiger partial charge in [-0.2, -0.15) is 0 Å². The maximum Gasteiger partial charge on any atom is 0.232 e. The van der Waals surface area contributed by atoms with E-state index >= 15 is 0 Å². The zero-order valence-corrected chi connectivity index (χ0v) is 14.0. The fraction of sp³-hybridized carbons (Fsp3) is 0.250. The standard InChI is InChI=1S/C16H17ClFNO2S/c1-3-12-5-4-6-13(9-12)11-19(22(2,20)21)16-8-7-14(17)10-15(16)18/h4-10H,3,11H2,1-2H3. The molecule has 0 fully saturated rings. The molecule has 0 spiro atoms. The van der Waals surface area contributed by atoms with E-state index < -0.39 is 15.8 Å². The molecule has 0 heterocycles. The summed E-state index contributed by atoms with van der Waals surface area (Å²) in [5.41, 5.74) is 1.90. The minimum Gasteiger partial charge on any atom is -0.263 e. The molecule has 0 aliphatic heterocycles. The van der Waals surface area contributed by atoms with Gasteiger partial charge in [0.15, 0.2) is 0 Å². The maximum atomic E-state index is 14.1. The third-order valence-corrected chi connectivity index (χ3v) is 4.67. The summed E-state index contributed by atoms with van der Waals surface area (Å²) in [6, 6.07) is 11.5. The predicted octanol–water partition coefficient (Wildman–Crippen LogP) is 4.01. The van der Waals surface area contributed by atoms with Crippen molar-refractivity contribution in [3.8, 4) is 0 Å². The molecular formula is C16H17ClFNO2S. The molecule has 0 saturated carbocycles. The number of hydrogen-bond acceptors (Lipinski definition) is 2. The summed E-state index contributed by atoms with van der Waals surface area (Å²) >= 11 is 5.73. The molecule has 0 aromatic heterocycles. The van der Waals surface area contributed by atoms with Crippen molar-refractivity contribution in [1.82, 2.24) is 0 Å². The van der Waals surface area contributed by atoms with E-state index in [1.807, 2.05) is 31.2 Å². The zero-order valence-electron chi connectivity index (χ0n) is 12.4. The second kappa shape index (κ2) is 6.67. The molecule has 2 rings (SSSR count). The lowest BCUT2D eigenvalue weighted by Gasteiger charge is -2.23. The topological polar surface area (TPSA) is 37.4 Å². The highest BCUT2D eigenvalue weighted by Gasteiger charge is 2.21. The van der Waals surface area contributed by atoms with Gasteiger partial charge in [0, 0.05) is 5.02 Å². The first-order valence-electron chi connectivity index (χ1n) is 6.82. The zero-order chi connectivity index (χ0) is 16.3. The number of rotatable bonds is 5. The monoisotopic (exact) mass is 341 g/mol. The van der Waals surface area contributed by atoms with Crippen LogP contribution in [0, 0.1) is 5.82 Å². The minimum absolute atomic E-state index is 0.00574. The average Bonchev–Trinajstić information content (AvgIpc) is 2.45. The summed E-state index contributed by atoms with van der Waals surface area (Å²) in [5, 5.41) is 0.225. The number of sulfonamides is 1. The molecule has 0 aliphatic carbocycles. The Morgan fingerprint density at radius 1 is 1.14 bits per heavy atom. The molecular weight excluding hydrogens is 325 g/mol. The molecule has 0 amide bonds. The van der Waals surface area contributed by atoms with Gasteiger partial charge < -0.3 is 0 Å². The molecule has 0 atom stereocenters. The summed E-state index contributed by atoms with van der Waals surface area (Å²) in [4.78, 5) is 0. The van der Waals surface area contributed by atoms with Crippen molar-refractivity contribution < 1.29 is 12.8 Å². The summed E-state index contributed by atoms with van der Waals surface area (Å²) in [7, 11) is -3.62. The van der Waals surface area contributed by atoms with Crippen LogP contribution < -0.4 is 4.31 Å². The van der Waals surface area contributed by atoms with Crippen molar-refractivity contribution in [3.05, 3.63) is 64.4 Å². The summed E-state index contributed by atoms with van der Waals surface area (Å²) < 4.78 is 39.2. The highest BCUT2D eigenvalue weighted by Crippen LogP contribution is 2.26. The van der Waals surface area contributed by atoms with Gasteiger partial charge in [-0.3, -0.25) is 4.31 Å². The van der Waals surface area contributed by atoms with Crippen molar-refractivity contribution in [1.29, 1.82) is 0 Å². The highest BCUT2D eigenvalue weighted by molar-refractivity contribution is 7.92. The molecule has 0 unspecified atom stereocenters. The molecule has 0 bridgehead atoms. The van der Waals surface area contributed by atoms with Crippen molar-refractivity contribution in [2.75, 3.05) is 10.6 Å². The molecule has 3 nitrogen and oxygen atoms in total. The first kappa shape index (κ1) is 16.8. The Balaban J connectivity index is 2.43. The lowest BCUT2D eigenvalue weighted by Crippen LogP contribution is -2.30. The lowest BCUT2D eigenvalue weighted by molar-refractivity contribution is 0.590. The van der Waals surface area contributed by atoms with Crippen LogP contribution in [0.4, 0.5) is 10.1 Å². The van der Waals surface area contributed by atoms with E-state index in [1.165, 1.54) is 12.1 Å². The van der Waals surface area contributed by atoms with E-state index in [0.29, 0.717) is 0 Å². The minimum atomic E-state index is -3.62. The Morgan fingerprint density at radius 2 is 1.82 bits per heavy atom. The second-order valence-corrected chi connectivity index (χ2v) is 7.38. The van der Waals surface area contributed by atoms with E-state index in [1.54, 1.807) is 0 Å². The van der Waals surface area contributed by atoms with Crippen LogP contribution in [0.5, 0.6) is 0 Å². The van der Waals surface area contributed by atoms with Gasteiger partial charge in [0.1, 0.15) is 5.82 Å². The van der Waals surface area contributed by atoms with Crippen LogP contribution in [-0.4, -0.2) is 14.7 Å². The SMILES string of the molecule is CCc1cccc(CN(c2ccc(Cl)cc2F)S(C)(=O)=O)c1. The van der Waals surface area contributed by atoms with Crippen LogP contribution in [0.25, 0.3) is 0 Å². The molecule has 0 saturated heterocycles. The molecule has 0 N–H and O–H groups in total. The Hall–Kier alpha value is -1.59. The third kappa shape index (κ3) is 3.99. The third-order valence-electron chi connectivity index (χ3n) is 3.30. The first-order valence-corrected chi connectivity index (χ1v) is 9.04.